The van der Waals surface area contributed by atoms with E-state index in [-0.39, 0.29) is 0 Å². The summed E-state index contributed by atoms with van der Waals surface area (Å²) in [7, 11) is 1.54. The van der Waals surface area contributed by atoms with Gasteiger partial charge in [-0.1, -0.05) is 0 Å². The Balaban J connectivity index is 1.85. The van der Waals surface area contributed by atoms with Gasteiger partial charge in [-0.25, -0.2) is 19.9 Å². The third-order valence-corrected chi connectivity index (χ3v) is 3.09. The molecule has 0 aliphatic carbocycles. The molecule has 0 aromatic carbocycles. The van der Waals surface area contributed by atoms with E-state index in [2.05, 4.69) is 24.8 Å². The summed E-state index contributed by atoms with van der Waals surface area (Å²) >= 11 is 0. The van der Waals surface area contributed by atoms with E-state index in [0.717, 1.165) is 43.4 Å². The first-order chi connectivity index (χ1) is 9.86. The molecule has 20 heavy (non-hydrogen) atoms. The molecule has 2 aromatic heterocycles. The van der Waals surface area contributed by atoms with Gasteiger partial charge < -0.3 is 14.4 Å². The molecule has 7 heteroatoms. The fraction of sp³-hybridized carbons (Fsp3) is 0.385. The summed E-state index contributed by atoms with van der Waals surface area (Å²) in [5, 5.41) is 0. The van der Waals surface area contributed by atoms with Crippen LogP contribution in [0.15, 0.2) is 24.8 Å². The Morgan fingerprint density at radius 1 is 1.10 bits per heavy atom. The minimum atomic E-state index is 0.344. The maximum atomic E-state index is 5.34. The number of ether oxygens (including phenoxy) is 2. The Kier molecular flexibility index (Phi) is 3.69. The molecule has 0 unspecified atom stereocenters. The van der Waals surface area contributed by atoms with Crippen molar-refractivity contribution in [1.82, 2.24) is 19.9 Å². The van der Waals surface area contributed by atoms with Gasteiger partial charge in [0.1, 0.15) is 12.1 Å². The number of morpholine rings is 1. The van der Waals surface area contributed by atoms with E-state index in [4.69, 9.17) is 9.47 Å². The summed E-state index contributed by atoms with van der Waals surface area (Å²) in [5.74, 6) is 0.897. The van der Waals surface area contributed by atoms with Gasteiger partial charge in [-0.3, -0.25) is 0 Å². The van der Waals surface area contributed by atoms with E-state index in [0.29, 0.717) is 6.01 Å². The minimum Gasteiger partial charge on any atom is -0.467 e. The first kappa shape index (κ1) is 12.7. The van der Waals surface area contributed by atoms with Gasteiger partial charge in [-0.2, -0.15) is 0 Å². The molecule has 2 aromatic rings. The Labute approximate surface area is 116 Å². The van der Waals surface area contributed by atoms with Crippen molar-refractivity contribution in [2.24, 2.45) is 0 Å². The van der Waals surface area contributed by atoms with Crippen LogP contribution in [0.25, 0.3) is 11.3 Å². The van der Waals surface area contributed by atoms with Gasteiger partial charge in [0.2, 0.25) is 0 Å². The van der Waals surface area contributed by atoms with Crippen molar-refractivity contribution >= 4 is 5.82 Å². The van der Waals surface area contributed by atoms with Crippen molar-refractivity contribution in [3.05, 3.63) is 24.8 Å². The molecule has 0 N–H and O–H groups in total. The van der Waals surface area contributed by atoms with Gasteiger partial charge >= 0.3 is 6.01 Å². The molecule has 0 saturated carbocycles. The highest BCUT2D eigenvalue weighted by molar-refractivity contribution is 5.60. The van der Waals surface area contributed by atoms with E-state index in [9.17, 15) is 0 Å². The van der Waals surface area contributed by atoms with Crippen molar-refractivity contribution < 1.29 is 9.47 Å². The topological polar surface area (TPSA) is 73.3 Å². The van der Waals surface area contributed by atoms with E-state index in [1.165, 1.54) is 7.11 Å². The van der Waals surface area contributed by atoms with Crippen LogP contribution in [-0.2, 0) is 4.74 Å². The molecule has 0 atom stereocenters. The molecule has 0 amide bonds. The summed E-state index contributed by atoms with van der Waals surface area (Å²) in [4.78, 5) is 18.9. The number of hydrogen-bond acceptors (Lipinski definition) is 7. The number of hydrogen-bond donors (Lipinski definition) is 0. The zero-order chi connectivity index (χ0) is 13.8. The molecule has 1 aliphatic rings. The SMILES string of the molecule is COc1ncc(-c2cc(N3CCOCC3)ncn2)cn1. The smallest absolute Gasteiger partial charge is 0.316 e. The highest BCUT2D eigenvalue weighted by atomic mass is 16.5. The molecule has 104 valence electrons. The van der Waals surface area contributed by atoms with Crippen LogP contribution in [0, 0.1) is 0 Å². The minimum absolute atomic E-state index is 0.344. The Morgan fingerprint density at radius 2 is 1.85 bits per heavy atom. The second-order valence-electron chi connectivity index (χ2n) is 4.32. The van der Waals surface area contributed by atoms with Crippen LogP contribution in [0.3, 0.4) is 0 Å². The quantitative estimate of drug-likeness (QED) is 0.818. The summed E-state index contributed by atoms with van der Waals surface area (Å²) < 4.78 is 10.3. The zero-order valence-corrected chi connectivity index (χ0v) is 11.2. The van der Waals surface area contributed by atoms with Gasteiger partial charge in [-0.05, 0) is 0 Å². The van der Waals surface area contributed by atoms with E-state index < -0.39 is 0 Å². The number of aromatic nitrogens is 4. The van der Waals surface area contributed by atoms with Gasteiger partial charge in [-0.15, -0.1) is 0 Å². The molecule has 3 heterocycles. The second kappa shape index (κ2) is 5.79. The number of anilines is 1. The van der Waals surface area contributed by atoms with Crippen molar-refractivity contribution in [3.8, 4) is 17.3 Å². The zero-order valence-electron chi connectivity index (χ0n) is 11.2. The van der Waals surface area contributed by atoms with E-state index in [1.807, 2.05) is 6.07 Å². The fourth-order valence-corrected chi connectivity index (χ4v) is 2.02. The van der Waals surface area contributed by atoms with E-state index >= 15 is 0 Å². The Morgan fingerprint density at radius 3 is 2.55 bits per heavy atom. The van der Waals surface area contributed by atoms with Crippen molar-refractivity contribution in [1.29, 1.82) is 0 Å². The lowest BCUT2D eigenvalue weighted by molar-refractivity contribution is 0.122. The molecule has 0 bridgehead atoms. The van der Waals surface area contributed by atoms with Crippen LogP contribution in [0.4, 0.5) is 5.82 Å². The predicted octanol–water partition coefficient (Wildman–Crippen LogP) is 0.779. The fourth-order valence-electron chi connectivity index (χ4n) is 2.02. The first-order valence-electron chi connectivity index (χ1n) is 6.38. The molecular formula is C13H15N5O2. The molecule has 3 rings (SSSR count). The molecule has 7 nitrogen and oxygen atoms in total. The molecule has 1 aliphatic heterocycles. The largest absolute Gasteiger partial charge is 0.467 e. The van der Waals surface area contributed by atoms with Crippen LogP contribution in [0.5, 0.6) is 6.01 Å². The monoisotopic (exact) mass is 273 g/mol. The number of methoxy groups -OCH3 is 1. The normalized spacial score (nSPS) is 15.2. The van der Waals surface area contributed by atoms with Crippen molar-refractivity contribution in [2.75, 3.05) is 38.3 Å². The number of nitrogens with zero attached hydrogens (tertiary/aromatic N) is 5. The Bertz CT molecular complexity index is 569. The van der Waals surface area contributed by atoms with Gasteiger partial charge in [0, 0.05) is 37.1 Å². The third-order valence-electron chi connectivity index (χ3n) is 3.09. The van der Waals surface area contributed by atoms with Crippen LogP contribution >= 0.6 is 0 Å². The van der Waals surface area contributed by atoms with Gasteiger partial charge in [0.25, 0.3) is 0 Å². The van der Waals surface area contributed by atoms with E-state index in [1.54, 1.807) is 18.7 Å². The molecule has 0 spiro atoms. The lowest BCUT2D eigenvalue weighted by Crippen LogP contribution is -2.36. The molecule has 1 fully saturated rings. The van der Waals surface area contributed by atoms with Crippen molar-refractivity contribution in [2.45, 2.75) is 0 Å². The highest BCUT2D eigenvalue weighted by Gasteiger charge is 2.13. The maximum absolute atomic E-state index is 5.34. The summed E-state index contributed by atoms with van der Waals surface area (Å²) in [6.45, 7) is 3.14. The standard InChI is InChI=1S/C13H15N5O2/c1-19-13-14-7-10(8-15-13)11-6-12(17-9-16-11)18-2-4-20-5-3-18/h6-9H,2-5H2,1H3. The molecule has 1 saturated heterocycles. The van der Waals surface area contributed by atoms with Crippen LogP contribution in [0.2, 0.25) is 0 Å². The summed E-state index contributed by atoms with van der Waals surface area (Å²) in [5.41, 5.74) is 1.63. The molecule has 0 radical (unpaired) electrons. The third kappa shape index (κ3) is 2.67. The predicted molar refractivity (Wildman–Crippen MR) is 72.6 cm³/mol. The highest BCUT2D eigenvalue weighted by Crippen LogP contribution is 2.20. The summed E-state index contributed by atoms with van der Waals surface area (Å²) in [6.07, 6.45) is 4.94. The lowest BCUT2D eigenvalue weighted by Gasteiger charge is -2.27. The van der Waals surface area contributed by atoms with Crippen molar-refractivity contribution in [3.63, 3.8) is 0 Å². The van der Waals surface area contributed by atoms with Crippen LogP contribution in [0.1, 0.15) is 0 Å². The molecular weight excluding hydrogens is 258 g/mol. The van der Waals surface area contributed by atoms with Crippen LogP contribution in [-0.4, -0.2) is 53.3 Å². The van der Waals surface area contributed by atoms with Gasteiger partial charge in [0.15, 0.2) is 0 Å². The average Bonchev–Trinajstić information content (AvgIpc) is 2.56. The summed E-state index contributed by atoms with van der Waals surface area (Å²) in [6, 6.07) is 2.28. The maximum Gasteiger partial charge on any atom is 0.316 e. The number of rotatable bonds is 3. The Hall–Kier alpha value is -2.28. The van der Waals surface area contributed by atoms with Gasteiger partial charge in [0.05, 0.1) is 26.0 Å². The lowest BCUT2D eigenvalue weighted by atomic mass is 10.2. The average molecular weight is 273 g/mol. The second-order valence-corrected chi connectivity index (χ2v) is 4.32. The first-order valence-corrected chi connectivity index (χ1v) is 6.38. The van der Waals surface area contributed by atoms with Crippen LogP contribution < -0.4 is 9.64 Å².